The van der Waals surface area contributed by atoms with E-state index in [1.54, 1.807) is 50.3 Å². The molecular weight excluding hydrogens is 406 g/mol. The number of carbonyl (C=O) groups is 3. The van der Waals surface area contributed by atoms with E-state index >= 15 is 0 Å². The van der Waals surface area contributed by atoms with Crippen molar-refractivity contribution in [2.45, 2.75) is 26.5 Å². The monoisotopic (exact) mass is 427 g/mol. The van der Waals surface area contributed by atoms with E-state index in [1.165, 1.54) is 24.1 Å². The van der Waals surface area contributed by atoms with E-state index < -0.39 is 5.97 Å². The Morgan fingerprint density at radius 1 is 1.13 bits per heavy atom. The van der Waals surface area contributed by atoms with Crippen molar-refractivity contribution in [3.63, 3.8) is 0 Å². The highest BCUT2D eigenvalue weighted by molar-refractivity contribution is 8.18. The number of thioether (sulfide) groups is 1. The third kappa shape index (κ3) is 4.65. The first-order valence-electron chi connectivity index (χ1n) is 9.20. The zero-order valence-corrected chi connectivity index (χ0v) is 17.6. The predicted octanol–water partition coefficient (Wildman–Crippen LogP) is 4.42. The maximum atomic E-state index is 12.4. The summed E-state index contributed by atoms with van der Waals surface area (Å²) in [6.07, 6.45) is 1.66. The number of imide groups is 1. The zero-order chi connectivity index (χ0) is 21.8. The van der Waals surface area contributed by atoms with E-state index in [0.717, 1.165) is 17.3 Å². The molecule has 7 nitrogen and oxygen atoms in total. The second-order valence-corrected chi connectivity index (χ2v) is 7.84. The number of hydrogen-bond donors (Lipinski definition) is 1. The molecule has 2 amide bonds. The van der Waals surface area contributed by atoms with Gasteiger partial charge in [0.25, 0.3) is 11.1 Å². The number of hydrogen-bond acceptors (Lipinski definition) is 6. The van der Waals surface area contributed by atoms with Gasteiger partial charge in [0.1, 0.15) is 6.61 Å². The third-order valence-electron chi connectivity index (χ3n) is 4.42. The van der Waals surface area contributed by atoms with Gasteiger partial charge >= 0.3 is 5.97 Å². The molecule has 1 aliphatic heterocycles. The quantitative estimate of drug-likeness (QED) is 0.654. The Morgan fingerprint density at radius 3 is 2.40 bits per heavy atom. The van der Waals surface area contributed by atoms with E-state index in [2.05, 4.69) is 0 Å². The number of nitrogens with zero attached hydrogens (tertiary/aromatic N) is 1. The number of aromatic carboxylic acids is 1. The number of amides is 2. The molecule has 1 heterocycles. The normalized spacial score (nSPS) is 15.2. The smallest absolute Gasteiger partial charge is 0.335 e. The molecule has 0 aliphatic carbocycles. The standard InChI is InChI=1S/C22H21NO6S/c1-13(2)23-20(24)19(30-22(23)27)11-15-6-9-17(18(10-15)28-3)29-12-14-4-7-16(8-5-14)21(25)26/h4-11,13H,12H2,1-3H3,(H,25,26)/b19-11-. The van der Waals surface area contributed by atoms with Gasteiger partial charge in [0.05, 0.1) is 17.6 Å². The van der Waals surface area contributed by atoms with Gasteiger partial charge < -0.3 is 14.6 Å². The zero-order valence-electron chi connectivity index (χ0n) is 16.7. The molecule has 0 spiro atoms. The second kappa shape index (κ2) is 9.04. The topological polar surface area (TPSA) is 93.1 Å². The fourth-order valence-electron chi connectivity index (χ4n) is 2.87. The molecule has 0 aromatic heterocycles. The van der Waals surface area contributed by atoms with Crippen LogP contribution in [0, 0.1) is 0 Å². The first kappa shape index (κ1) is 21.4. The van der Waals surface area contributed by atoms with Crippen LogP contribution in [0.2, 0.25) is 0 Å². The molecule has 1 N–H and O–H groups in total. The lowest BCUT2D eigenvalue weighted by Gasteiger charge is -2.16. The average molecular weight is 427 g/mol. The van der Waals surface area contributed by atoms with Crippen LogP contribution in [0.15, 0.2) is 47.4 Å². The van der Waals surface area contributed by atoms with Gasteiger partial charge in [-0.3, -0.25) is 14.5 Å². The van der Waals surface area contributed by atoms with Gasteiger partial charge in [-0.05, 0) is 67.1 Å². The molecular formula is C22H21NO6S. The maximum Gasteiger partial charge on any atom is 0.335 e. The van der Waals surface area contributed by atoms with Crippen molar-refractivity contribution in [1.29, 1.82) is 0 Å². The molecule has 30 heavy (non-hydrogen) atoms. The summed E-state index contributed by atoms with van der Waals surface area (Å²) in [7, 11) is 1.51. The summed E-state index contributed by atoms with van der Waals surface area (Å²) in [4.78, 5) is 37.0. The van der Waals surface area contributed by atoms with Gasteiger partial charge in [0, 0.05) is 6.04 Å². The van der Waals surface area contributed by atoms with Crippen LogP contribution in [0.4, 0.5) is 4.79 Å². The van der Waals surface area contributed by atoms with Crippen LogP contribution >= 0.6 is 11.8 Å². The maximum absolute atomic E-state index is 12.4. The molecule has 8 heteroatoms. The van der Waals surface area contributed by atoms with Crippen LogP contribution in [-0.4, -0.2) is 40.3 Å². The molecule has 1 saturated heterocycles. The van der Waals surface area contributed by atoms with Crippen molar-refractivity contribution in [3.05, 3.63) is 64.1 Å². The lowest BCUT2D eigenvalue weighted by Crippen LogP contribution is -2.34. The van der Waals surface area contributed by atoms with Crippen molar-refractivity contribution in [3.8, 4) is 11.5 Å². The Balaban J connectivity index is 1.74. The number of carbonyl (C=O) groups excluding carboxylic acids is 2. The first-order chi connectivity index (χ1) is 14.3. The number of rotatable bonds is 7. The van der Waals surface area contributed by atoms with E-state index in [1.807, 2.05) is 0 Å². The van der Waals surface area contributed by atoms with Crippen LogP contribution in [-0.2, 0) is 11.4 Å². The fourth-order valence-corrected chi connectivity index (χ4v) is 3.84. The molecule has 0 unspecified atom stereocenters. The fraction of sp³-hybridized carbons (Fsp3) is 0.227. The number of ether oxygens (including phenoxy) is 2. The van der Waals surface area contributed by atoms with E-state index in [0.29, 0.717) is 22.0 Å². The second-order valence-electron chi connectivity index (χ2n) is 6.85. The van der Waals surface area contributed by atoms with Crippen molar-refractivity contribution in [1.82, 2.24) is 4.90 Å². The first-order valence-corrected chi connectivity index (χ1v) is 10.0. The molecule has 1 aliphatic rings. The molecule has 156 valence electrons. The minimum absolute atomic E-state index is 0.196. The van der Waals surface area contributed by atoms with Gasteiger partial charge in [-0.2, -0.15) is 0 Å². The summed E-state index contributed by atoms with van der Waals surface area (Å²) in [5, 5.41) is 8.68. The van der Waals surface area contributed by atoms with Crippen molar-refractivity contribution in [2.24, 2.45) is 0 Å². The lowest BCUT2D eigenvalue weighted by molar-refractivity contribution is -0.123. The van der Waals surface area contributed by atoms with E-state index in [9.17, 15) is 14.4 Å². The van der Waals surface area contributed by atoms with Gasteiger partial charge in [0.15, 0.2) is 11.5 Å². The van der Waals surface area contributed by atoms with Gasteiger partial charge in [-0.25, -0.2) is 4.79 Å². The van der Waals surface area contributed by atoms with Crippen LogP contribution in [0.1, 0.15) is 35.3 Å². The highest BCUT2D eigenvalue weighted by atomic mass is 32.2. The average Bonchev–Trinajstić information content (AvgIpc) is 3.00. The Bertz CT molecular complexity index is 1010. The van der Waals surface area contributed by atoms with Crippen LogP contribution < -0.4 is 9.47 Å². The Kier molecular flexibility index (Phi) is 6.47. The molecule has 0 radical (unpaired) electrons. The minimum Gasteiger partial charge on any atom is -0.493 e. The molecule has 1 fully saturated rings. The third-order valence-corrected chi connectivity index (χ3v) is 5.30. The molecule has 0 saturated carbocycles. The van der Waals surface area contributed by atoms with E-state index in [-0.39, 0.29) is 29.4 Å². The lowest BCUT2D eigenvalue weighted by atomic mass is 10.1. The summed E-state index contributed by atoms with van der Waals surface area (Å²) in [6.45, 7) is 3.83. The summed E-state index contributed by atoms with van der Waals surface area (Å²) < 4.78 is 11.2. The largest absolute Gasteiger partial charge is 0.493 e. The SMILES string of the molecule is COc1cc(/C=C2\SC(=O)N(C(C)C)C2=O)ccc1OCc1ccc(C(=O)O)cc1. The predicted molar refractivity (Wildman–Crippen MR) is 114 cm³/mol. The van der Waals surface area contributed by atoms with Crippen LogP contribution in [0.5, 0.6) is 11.5 Å². The number of carboxylic acid groups (broad SMARTS) is 1. The van der Waals surface area contributed by atoms with Gasteiger partial charge in [0.2, 0.25) is 0 Å². The molecule has 0 bridgehead atoms. The minimum atomic E-state index is -0.981. The molecule has 3 rings (SSSR count). The Hall–Kier alpha value is -3.26. The van der Waals surface area contributed by atoms with Crippen molar-refractivity contribution in [2.75, 3.05) is 7.11 Å². The Labute approximate surface area is 178 Å². The number of carboxylic acids is 1. The Morgan fingerprint density at radius 2 is 1.83 bits per heavy atom. The van der Waals surface area contributed by atoms with Crippen LogP contribution in [0.3, 0.4) is 0 Å². The highest BCUT2D eigenvalue weighted by Crippen LogP contribution is 2.35. The molecule has 2 aromatic rings. The van der Waals surface area contributed by atoms with Crippen molar-refractivity contribution >= 4 is 35.0 Å². The van der Waals surface area contributed by atoms with Gasteiger partial charge in [-0.15, -0.1) is 0 Å². The van der Waals surface area contributed by atoms with E-state index in [4.69, 9.17) is 14.6 Å². The highest BCUT2D eigenvalue weighted by Gasteiger charge is 2.36. The van der Waals surface area contributed by atoms with Gasteiger partial charge in [-0.1, -0.05) is 18.2 Å². The summed E-state index contributed by atoms with van der Waals surface area (Å²) >= 11 is 0.918. The number of benzene rings is 2. The molecule has 2 aromatic carbocycles. The summed E-state index contributed by atoms with van der Waals surface area (Å²) in [5.74, 6) is -0.295. The van der Waals surface area contributed by atoms with Crippen LogP contribution in [0.25, 0.3) is 6.08 Å². The summed E-state index contributed by atoms with van der Waals surface area (Å²) in [5.41, 5.74) is 1.73. The molecule has 0 atom stereocenters. The van der Waals surface area contributed by atoms with Crippen molar-refractivity contribution < 1.29 is 29.0 Å². The number of methoxy groups -OCH3 is 1. The summed E-state index contributed by atoms with van der Waals surface area (Å²) in [6, 6.07) is 11.4.